The van der Waals surface area contributed by atoms with E-state index in [4.69, 9.17) is 5.21 Å². The normalized spacial score (nSPS) is 11.9. The molecular formula is C10H13FN2O. The van der Waals surface area contributed by atoms with Gasteiger partial charge in [0.2, 0.25) is 0 Å². The van der Waals surface area contributed by atoms with Gasteiger partial charge in [-0.1, -0.05) is 0 Å². The Balaban J connectivity index is 2.95. The van der Waals surface area contributed by atoms with Crippen molar-refractivity contribution in [1.29, 1.82) is 0 Å². The Morgan fingerprint density at radius 3 is 2.36 bits per heavy atom. The van der Waals surface area contributed by atoms with Crippen LogP contribution in [0.25, 0.3) is 0 Å². The van der Waals surface area contributed by atoms with Gasteiger partial charge in [0.25, 0.3) is 0 Å². The molecule has 3 nitrogen and oxygen atoms in total. The molecule has 2 N–H and O–H groups in total. The first-order chi connectivity index (χ1) is 6.63. The summed E-state index contributed by atoms with van der Waals surface area (Å²) in [5.74, 6) is 0.0376. The third kappa shape index (κ3) is 2.81. The van der Waals surface area contributed by atoms with Gasteiger partial charge in [0.15, 0.2) is 5.84 Å². The summed E-state index contributed by atoms with van der Waals surface area (Å²) in [4.78, 5) is 4.13. The summed E-state index contributed by atoms with van der Waals surface area (Å²) in [5.41, 5.74) is 2.65. The van der Waals surface area contributed by atoms with Crippen LogP contribution in [0, 0.1) is 5.82 Å². The Labute approximate surface area is 82.3 Å². The second kappa shape index (κ2) is 4.72. The first kappa shape index (κ1) is 10.7. The Morgan fingerprint density at radius 1 is 1.36 bits per heavy atom. The predicted octanol–water partition coefficient (Wildman–Crippen LogP) is 1.96. The van der Waals surface area contributed by atoms with Crippen LogP contribution in [0.3, 0.4) is 0 Å². The van der Waals surface area contributed by atoms with Crippen LogP contribution in [-0.4, -0.2) is 17.1 Å². The Morgan fingerprint density at radius 2 is 1.93 bits per heavy atom. The van der Waals surface area contributed by atoms with Crippen molar-refractivity contribution in [1.82, 2.24) is 5.48 Å². The smallest absolute Gasteiger partial charge is 0.152 e. The van der Waals surface area contributed by atoms with E-state index in [1.54, 1.807) is 12.1 Å². The molecule has 0 saturated carbocycles. The summed E-state index contributed by atoms with van der Waals surface area (Å²) in [7, 11) is 0. The minimum Gasteiger partial charge on any atom is -0.290 e. The van der Waals surface area contributed by atoms with E-state index in [9.17, 15) is 4.39 Å². The highest BCUT2D eigenvalue weighted by Gasteiger charge is 2.02. The zero-order chi connectivity index (χ0) is 10.6. The molecule has 1 aromatic rings. The van der Waals surface area contributed by atoms with Crippen molar-refractivity contribution >= 4 is 5.84 Å². The topological polar surface area (TPSA) is 44.6 Å². The SMILES string of the molecule is CC(C)N=C(NO)c1ccc(F)cc1. The molecule has 0 fully saturated rings. The third-order valence-electron chi connectivity index (χ3n) is 1.61. The monoisotopic (exact) mass is 196 g/mol. The van der Waals surface area contributed by atoms with Gasteiger partial charge in [-0.25, -0.2) is 4.39 Å². The molecule has 76 valence electrons. The Hall–Kier alpha value is -1.42. The number of nitrogens with one attached hydrogen (secondary N) is 1. The Bertz CT molecular complexity index is 319. The lowest BCUT2D eigenvalue weighted by atomic mass is 10.2. The number of hydrogen-bond donors (Lipinski definition) is 2. The molecule has 0 unspecified atom stereocenters. The molecule has 0 aliphatic carbocycles. The standard InChI is InChI=1S/C10H13FN2O/c1-7(2)12-10(13-14)8-3-5-9(11)6-4-8/h3-7,14H,1-2H3,(H,12,13). The van der Waals surface area contributed by atoms with Crippen LogP contribution in [0.4, 0.5) is 4.39 Å². The third-order valence-corrected chi connectivity index (χ3v) is 1.61. The number of benzene rings is 1. The van der Waals surface area contributed by atoms with Crippen LogP contribution < -0.4 is 5.48 Å². The van der Waals surface area contributed by atoms with Gasteiger partial charge in [-0.3, -0.25) is 15.7 Å². The largest absolute Gasteiger partial charge is 0.290 e. The van der Waals surface area contributed by atoms with E-state index in [0.29, 0.717) is 11.4 Å². The highest BCUT2D eigenvalue weighted by molar-refractivity contribution is 5.98. The number of aliphatic imine (C=N–C) groups is 1. The molecule has 0 atom stereocenters. The average Bonchev–Trinajstić information content (AvgIpc) is 2.15. The van der Waals surface area contributed by atoms with Crippen molar-refractivity contribution in [3.8, 4) is 0 Å². The lowest BCUT2D eigenvalue weighted by Gasteiger charge is -2.06. The van der Waals surface area contributed by atoms with Gasteiger partial charge in [0.1, 0.15) is 5.82 Å². The van der Waals surface area contributed by atoms with E-state index in [0.717, 1.165) is 0 Å². The zero-order valence-corrected chi connectivity index (χ0v) is 8.16. The summed E-state index contributed by atoms with van der Waals surface area (Å²) in [6.45, 7) is 3.78. The molecule has 0 saturated heterocycles. The van der Waals surface area contributed by atoms with E-state index in [-0.39, 0.29) is 11.9 Å². The van der Waals surface area contributed by atoms with E-state index < -0.39 is 0 Å². The zero-order valence-electron chi connectivity index (χ0n) is 8.16. The van der Waals surface area contributed by atoms with Crippen molar-refractivity contribution in [2.75, 3.05) is 0 Å². The maximum atomic E-state index is 12.6. The number of amidine groups is 1. The summed E-state index contributed by atoms with van der Waals surface area (Å²) in [5, 5.41) is 8.82. The molecular weight excluding hydrogens is 183 g/mol. The quantitative estimate of drug-likeness (QED) is 0.431. The molecule has 0 bridgehead atoms. The van der Waals surface area contributed by atoms with Crippen LogP contribution in [0.5, 0.6) is 0 Å². The number of nitrogens with zero attached hydrogens (tertiary/aromatic N) is 1. The molecule has 1 rings (SSSR count). The van der Waals surface area contributed by atoms with Gasteiger partial charge in [0, 0.05) is 11.6 Å². The van der Waals surface area contributed by atoms with E-state index in [2.05, 4.69) is 4.99 Å². The fourth-order valence-corrected chi connectivity index (χ4v) is 1.03. The van der Waals surface area contributed by atoms with Gasteiger partial charge < -0.3 is 0 Å². The molecule has 0 aliphatic rings. The summed E-state index contributed by atoms with van der Waals surface area (Å²) in [6, 6.07) is 5.82. The van der Waals surface area contributed by atoms with Crippen molar-refractivity contribution in [2.24, 2.45) is 4.99 Å². The first-order valence-electron chi connectivity index (χ1n) is 4.37. The van der Waals surface area contributed by atoms with Gasteiger partial charge in [-0.15, -0.1) is 0 Å². The molecule has 1 aromatic carbocycles. The van der Waals surface area contributed by atoms with Gasteiger partial charge in [0.05, 0.1) is 0 Å². The molecule has 0 heterocycles. The number of hydroxylamine groups is 1. The first-order valence-corrected chi connectivity index (χ1v) is 4.37. The Kier molecular flexibility index (Phi) is 3.59. The van der Waals surface area contributed by atoms with Crippen LogP contribution >= 0.6 is 0 Å². The number of halogens is 1. The summed E-state index contributed by atoms with van der Waals surface area (Å²) < 4.78 is 12.6. The predicted molar refractivity (Wildman–Crippen MR) is 53.0 cm³/mol. The second-order valence-electron chi connectivity index (χ2n) is 3.19. The highest BCUT2D eigenvalue weighted by Crippen LogP contribution is 2.04. The maximum absolute atomic E-state index is 12.6. The molecule has 0 amide bonds. The van der Waals surface area contributed by atoms with Crippen LogP contribution in [0.2, 0.25) is 0 Å². The van der Waals surface area contributed by atoms with Crippen LogP contribution in [-0.2, 0) is 0 Å². The minimum atomic E-state index is -0.310. The van der Waals surface area contributed by atoms with Gasteiger partial charge >= 0.3 is 0 Å². The highest BCUT2D eigenvalue weighted by atomic mass is 19.1. The summed E-state index contributed by atoms with van der Waals surface area (Å²) >= 11 is 0. The molecule has 0 aliphatic heterocycles. The second-order valence-corrected chi connectivity index (χ2v) is 3.19. The summed E-state index contributed by atoms with van der Waals surface area (Å²) in [6.07, 6.45) is 0. The van der Waals surface area contributed by atoms with Crippen molar-refractivity contribution in [3.63, 3.8) is 0 Å². The maximum Gasteiger partial charge on any atom is 0.152 e. The number of hydrogen-bond acceptors (Lipinski definition) is 2. The van der Waals surface area contributed by atoms with E-state index in [1.807, 2.05) is 19.3 Å². The lowest BCUT2D eigenvalue weighted by molar-refractivity contribution is 0.234. The molecule has 14 heavy (non-hydrogen) atoms. The number of rotatable bonds is 2. The minimum absolute atomic E-state index is 0.0645. The molecule has 0 aromatic heterocycles. The van der Waals surface area contributed by atoms with Crippen molar-refractivity contribution in [2.45, 2.75) is 19.9 Å². The fourth-order valence-electron chi connectivity index (χ4n) is 1.03. The van der Waals surface area contributed by atoms with Gasteiger partial charge in [-0.05, 0) is 38.1 Å². The molecule has 0 radical (unpaired) electrons. The van der Waals surface area contributed by atoms with E-state index >= 15 is 0 Å². The molecule has 0 spiro atoms. The van der Waals surface area contributed by atoms with Gasteiger partial charge in [-0.2, -0.15) is 0 Å². The fraction of sp³-hybridized carbons (Fsp3) is 0.300. The van der Waals surface area contributed by atoms with Crippen molar-refractivity contribution < 1.29 is 9.60 Å². The lowest BCUT2D eigenvalue weighted by Crippen LogP contribution is -2.21. The molecule has 4 heteroatoms. The van der Waals surface area contributed by atoms with E-state index in [1.165, 1.54) is 12.1 Å². The van der Waals surface area contributed by atoms with Crippen LogP contribution in [0.1, 0.15) is 19.4 Å². The van der Waals surface area contributed by atoms with Crippen molar-refractivity contribution in [3.05, 3.63) is 35.6 Å². The average molecular weight is 196 g/mol. The van der Waals surface area contributed by atoms with Crippen LogP contribution in [0.15, 0.2) is 29.3 Å².